The van der Waals surface area contributed by atoms with Crippen molar-refractivity contribution in [3.63, 3.8) is 0 Å². The third-order valence-corrected chi connectivity index (χ3v) is 3.19. The topological polar surface area (TPSA) is 12.0 Å². The number of rotatable bonds is 3. The maximum Gasteiger partial charge on any atom is 0.0931 e. The predicted molar refractivity (Wildman–Crippen MR) is 56.0 cm³/mol. The maximum atomic E-state index is 5.86. The van der Waals surface area contributed by atoms with Crippen LogP contribution in [0.4, 0.5) is 0 Å². The molecule has 0 amide bonds. The van der Waals surface area contributed by atoms with E-state index in [0.717, 1.165) is 4.34 Å². The molecule has 1 nitrogen and oxygen atoms in total. The molecular formula is C9H14ClNS. The monoisotopic (exact) mass is 203 g/mol. The summed E-state index contributed by atoms with van der Waals surface area (Å²) in [5, 5.41) is 3.28. The second-order valence-electron chi connectivity index (χ2n) is 3.15. The Morgan fingerprint density at radius 2 is 2.08 bits per heavy atom. The van der Waals surface area contributed by atoms with E-state index in [0.29, 0.717) is 12.0 Å². The molecule has 1 N–H and O–H groups in total. The minimum atomic E-state index is 0.433. The van der Waals surface area contributed by atoms with Crippen LogP contribution in [0.15, 0.2) is 12.1 Å². The third-order valence-electron chi connectivity index (χ3n) is 1.88. The first-order valence-electron chi connectivity index (χ1n) is 4.07. The standard InChI is InChI=1S/C9H14ClNS/c1-6(2)9(11-3)7-4-5-8(10)12-7/h4-6,9,11H,1-3H3. The second kappa shape index (κ2) is 4.26. The summed E-state index contributed by atoms with van der Waals surface area (Å²) in [6.07, 6.45) is 0. The molecule has 0 saturated carbocycles. The summed E-state index contributed by atoms with van der Waals surface area (Å²) in [6, 6.07) is 4.48. The van der Waals surface area contributed by atoms with E-state index in [4.69, 9.17) is 11.6 Å². The molecule has 0 bridgehead atoms. The van der Waals surface area contributed by atoms with Gasteiger partial charge in [0, 0.05) is 10.9 Å². The van der Waals surface area contributed by atoms with E-state index >= 15 is 0 Å². The number of halogens is 1. The van der Waals surface area contributed by atoms with Gasteiger partial charge in [-0.1, -0.05) is 25.4 Å². The zero-order valence-corrected chi connectivity index (χ0v) is 9.17. The van der Waals surface area contributed by atoms with Crippen LogP contribution in [0.3, 0.4) is 0 Å². The lowest BCUT2D eigenvalue weighted by atomic mass is 10.0. The molecule has 1 heterocycles. The molecule has 1 aromatic heterocycles. The summed E-state index contributed by atoms with van der Waals surface area (Å²) >= 11 is 7.51. The molecule has 0 fully saturated rings. The minimum absolute atomic E-state index is 0.433. The van der Waals surface area contributed by atoms with Crippen molar-refractivity contribution in [2.45, 2.75) is 19.9 Å². The van der Waals surface area contributed by atoms with Crippen LogP contribution in [-0.2, 0) is 0 Å². The van der Waals surface area contributed by atoms with Gasteiger partial charge in [0.15, 0.2) is 0 Å². The molecule has 0 aliphatic carbocycles. The van der Waals surface area contributed by atoms with Gasteiger partial charge in [0.1, 0.15) is 0 Å². The fraction of sp³-hybridized carbons (Fsp3) is 0.556. The van der Waals surface area contributed by atoms with E-state index in [9.17, 15) is 0 Å². The third kappa shape index (κ3) is 2.22. The highest BCUT2D eigenvalue weighted by atomic mass is 35.5. The van der Waals surface area contributed by atoms with Crippen LogP contribution in [0.2, 0.25) is 4.34 Å². The van der Waals surface area contributed by atoms with E-state index < -0.39 is 0 Å². The Morgan fingerprint density at radius 3 is 2.42 bits per heavy atom. The van der Waals surface area contributed by atoms with Crippen LogP contribution in [0.1, 0.15) is 24.8 Å². The summed E-state index contributed by atoms with van der Waals surface area (Å²) in [5.41, 5.74) is 0. The Kier molecular flexibility index (Phi) is 3.56. The van der Waals surface area contributed by atoms with Crippen molar-refractivity contribution in [1.82, 2.24) is 5.32 Å². The first-order valence-corrected chi connectivity index (χ1v) is 5.27. The van der Waals surface area contributed by atoms with E-state index in [-0.39, 0.29) is 0 Å². The Hall–Kier alpha value is -0.0500. The van der Waals surface area contributed by atoms with Crippen LogP contribution in [0, 0.1) is 5.92 Å². The predicted octanol–water partition coefficient (Wildman–Crippen LogP) is 3.32. The maximum absolute atomic E-state index is 5.86. The SMILES string of the molecule is CNC(c1ccc(Cl)s1)C(C)C. The molecule has 0 aliphatic rings. The molecule has 0 saturated heterocycles. The molecule has 1 aromatic rings. The molecule has 1 unspecified atom stereocenters. The van der Waals surface area contributed by atoms with Crippen molar-refractivity contribution in [2.24, 2.45) is 5.92 Å². The average Bonchev–Trinajstić information content (AvgIpc) is 2.37. The normalized spacial score (nSPS) is 13.8. The lowest BCUT2D eigenvalue weighted by molar-refractivity contribution is 0.449. The summed E-state index contributed by atoms with van der Waals surface area (Å²) in [6.45, 7) is 4.41. The van der Waals surface area contributed by atoms with Gasteiger partial charge in [-0.05, 0) is 25.1 Å². The fourth-order valence-electron chi connectivity index (χ4n) is 1.30. The molecule has 0 aromatic carbocycles. The van der Waals surface area contributed by atoms with Crippen LogP contribution in [0.5, 0.6) is 0 Å². The van der Waals surface area contributed by atoms with Crippen molar-refractivity contribution in [2.75, 3.05) is 7.05 Å². The van der Waals surface area contributed by atoms with Gasteiger partial charge in [-0.15, -0.1) is 11.3 Å². The van der Waals surface area contributed by atoms with Crippen molar-refractivity contribution in [1.29, 1.82) is 0 Å². The van der Waals surface area contributed by atoms with E-state index in [2.05, 4.69) is 25.2 Å². The van der Waals surface area contributed by atoms with Gasteiger partial charge in [-0.3, -0.25) is 0 Å². The van der Waals surface area contributed by atoms with Gasteiger partial charge in [0.05, 0.1) is 4.34 Å². The van der Waals surface area contributed by atoms with Gasteiger partial charge >= 0.3 is 0 Å². The fourth-order valence-corrected chi connectivity index (χ4v) is 2.64. The summed E-state index contributed by atoms with van der Waals surface area (Å²) in [4.78, 5) is 1.32. The summed E-state index contributed by atoms with van der Waals surface area (Å²) in [5.74, 6) is 0.602. The molecule has 0 aliphatic heterocycles. The van der Waals surface area contributed by atoms with Crippen molar-refractivity contribution < 1.29 is 0 Å². The summed E-state index contributed by atoms with van der Waals surface area (Å²) < 4.78 is 0.867. The molecule has 68 valence electrons. The number of thiophene rings is 1. The molecule has 1 atom stereocenters. The van der Waals surface area contributed by atoms with Crippen molar-refractivity contribution >= 4 is 22.9 Å². The van der Waals surface area contributed by atoms with Gasteiger partial charge < -0.3 is 5.32 Å². The van der Waals surface area contributed by atoms with Crippen LogP contribution in [-0.4, -0.2) is 7.05 Å². The van der Waals surface area contributed by atoms with Crippen molar-refractivity contribution in [3.8, 4) is 0 Å². The Balaban J connectivity index is 2.80. The van der Waals surface area contributed by atoms with E-state index in [1.165, 1.54) is 4.88 Å². The van der Waals surface area contributed by atoms with Crippen LogP contribution in [0.25, 0.3) is 0 Å². The van der Waals surface area contributed by atoms with Crippen LogP contribution >= 0.6 is 22.9 Å². The molecule has 3 heteroatoms. The summed E-state index contributed by atoms with van der Waals surface area (Å²) in [7, 11) is 1.98. The highest BCUT2D eigenvalue weighted by Gasteiger charge is 2.14. The average molecular weight is 204 g/mol. The molecular weight excluding hydrogens is 190 g/mol. The van der Waals surface area contributed by atoms with Crippen LogP contribution < -0.4 is 5.32 Å². The molecule has 12 heavy (non-hydrogen) atoms. The molecule has 0 radical (unpaired) electrons. The molecule has 1 rings (SSSR count). The zero-order valence-electron chi connectivity index (χ0n) is 7.60. The first kappa shape index (κ1) is 10.0. The second-order valence-corrected chi connectivity index (χ2v) is 4.90. The number of hydrogen-bond donors (Lipinski definition) is 1. The number of hydrogen-bond acceptors (Lipinski definition) is 2. The molecule has 0 spiro atoms. The van der Waals surface area contributed by atoms with E-state index in [1.807, 2.05) is 13.1 Å². The smallest absolute Gasteiger partial charge is 0.0931 e. The minimum Gasteiger partial charge on any atom is -0.312 e. The lowest BCUT2D eigenvalue weighted by Gasteiger charge is -2.18. The van der Waals surface area contributed by atoms with Gasteiger partial charge in [0.25, 0.3) is 0 Å². The number of nitrogens with one attached hydrogen (secondary N) is 1. The van der Waals surface area contributed by atoms with Gasteiger partial charge in [-0.25, -0.2) is 0 Å². The largest absolute Gasteiger partial charge is 0.312 e. The van der Waals surface area contributed by atoms with E-state index in [1.54, 1.807) is 11.3 Å². The Labute approximate surface area is 82.7 Å². The Morgan fingerprint density at radius 1 is 1.42 bits per heavy atom. The highest BCUT2D eigenvalue weighted by molar-refractivity contribution is 7.16. The van der Waals surface area contributed by atoms with Gasteiger partial charge in [0.2, 0.25) is 0 Å². The quantitative estimate of drug-likeness (QED) is 0.795. The highest BCUT2D eigenvalue weighted by Crippen LogP contribution is 2.30. The zero-order chi connectivity index (χ0) is 9.14. The van der Waals surface area contributed by atoms with Crippen molar-refractivity contribution in [3.05, 3.63) is 21.3 Å². The Bertz CT molecular complexity index is 244. The van der Waals surface area contributed by atoms with Gasteiger partial charge in [-0.2, -0.15) is 0 Å². The first-order chi connectivity index (χ1) is 5.65. The lowest BCUT2D eigenvalue weighted by Crippen LogP contribution is -2.20.